The molecule has 1 unspecified atom stereocenters. The first-order chi connectivity index (χ1) is 7.99. The van der Waals surface area contributed by atoms with Gasteiger partial charge in [0.05, 0.1) is 20.1 Å². The van der Waals surface area contributed by atoms with Crippen molar-refractivity contribution in [1.29, 1.82) is 0 Å². The van der Waals surface area contributed by atoms with Gasteiger partial charge in [0.15, 0.2) is 0 Å². The smallest absolute Gasteiger partial charge is 0.306 e. The average Bonchev–Trinajstić information content (AvgIpc) is 2.29. The molecular formula is C13H18O4. The van der Waals surface area contributed by atoms with E-state index >= 15 is 0 Å². The molecule has 0 heterocycles. The highest BCUT2D eigenvalue weighted by atomic mass is 16.5. The molecule has 0 radical (unpaired) electrons. The first-order valence-electron chi connectivity index (χ1n) is 5.44. The molecule has 0 saturated heterocycles. The topological polar surface area (TPSA) is 55.8 Å². The van der Waals surface area contributed by atoms with Crippen LogP contribution < -0.4 is 9.47 Å². The summed E-state index contributed by atoms with van der Waals surface area (Å²) >= 11 is 0. The van der Waals surface area contributed by atoms with Gasteiger partial charge in [-0.3, -0.25) is 4.79 Å². The number of hydrogen-bond donors (Lipinski definition) is 1. The number of carbonyl (C=O) groups is 1. The zero-order valence-electron chi connectivity index (χ0n) is 10.6. The second-order valence-electron chi connectivity index (χ2n) is 4.08. The molecule has 1 rings (SSSR count). The molecule has 0 aromatic heterocycles. The number of aliphatic carboxylic acids is 1. The lowest BCUT2D eigenvalue weighted by molar-refractivity contribution is -0.141. The van der Waals surface area contributed by atoms with Gasteiger partial charge in [0.1, 0.15) is 11.5 Å². The van der Waals surface area contributed by atoms with Crippen molar-refractivity contribution in [3.8, 4) is 11.5 Å². The molecule has 0 fully saturated rings. The number of aryl methyl sites for hydroxylation is 1. The van der Waals surface area contributed by atoms with E-state index in [1.54, 1.807) is 27.2 Å². The molecule has 94 valence electrons. The maximum absolute atomic E-state index is 10.8. The number of rotatable bonds is 5. The summed E-state index contributed by atoms with van der Waals surface area (Å²) < 4.78 is 10.4. The Morgan fingerprint density at radius 2 is 1.88 bits per heavy atom. The van der Waals surface area contributed by atoms with Gasteiger partial charge in [0, 0.05) is 6.07 Å². The van der Waals surface area contributed by atoms with Crippen molar-refractivity contribution in [3.05, 3.63) is 23.3 Å². The maximum Gasteiger partial charge on any atom is 0.306 e. The lowest BCUT2D eigenvalue weighted by Crippen LogP contribution is -2.13. The Bertz CT molecular complexity index is 412. The van der Waals surface area contributed by atoms with E-state index in [1.807, 2.05) is 13.0 Å². The van der Waals surface area contributed by atoms with Gasteiger partial charge in [-0.2, -0.15) is 0 Å². The van der Waals surface area contributed by atoms with E-state index in [9.17, 15) is 4.79 Å². The van der Waals surface area contributed by atoms with Gasteiger partial charge in [-0.25, -0.2) is 0 Å². The third-order valence-electron chi connectivity index (χ3n) is 2.75. The van der Waals surface area contributed by atoms with Crippen LogP contribution in [0.15, 0.2) is 12.1 Å². The number of benzene rings is 1. The van der Waals surface area contributed by atoms with Crippen LogP contribution in [0.25, 0.3) is 0 Å². The van der Waals surface area contributed by atoms with Crippen LogP contribution in [-0.4, -0.2) is 25.3 Å². The molecule has 0 aliphatic rings. The molecule has 0 spiro atoms. The second kappa shape index (κ2) is 5.57. The standard InChI is InChI=1S/C13H18O4/c1-8-5-10(6-9(2)13(14)15)12(17-4)7-11(8)16-3/h5,7,9H,6H2,1-4H3,(H,14,15). The molecule has 17 heavy (non-hydrogen) atoms. The summed E-state index contributed by atoms with van der Waals surface area (Å²) in [6.07, 6.45) is 0.448. The molecule has 4 heteroatoms. The predicted molar refractivity (Wildman–Crippen MR) is 64.8 cm³/mol. The minimum Gasteiger partial charge on any atom is -0.496 e. The maximum atomic E-state index is 10.8. The van der Waals surface area contributed by atoms with Crippen LogP contribution in [0.3, 0.4) is 0 Å². The van der Waals surface area contributed by atoms with Gasteiger partial charge in [0.2, 0.25) is 0 Å². The first kappa shape index (κ1) is 13.4. The van der Waals surface area contributed by atoms with Crippen molar-refractivity contribution in [1.82, 2.24) is 0 Å². The first-order valence-corrected chi connectivity index (χ1v) is 5.44. The van der Waals surface area contributed by atoms with E-state index in [-0.39, 0.29) is 0 Å². The summed E-state index contributed by atoms with van der Waals surface area (Å²) in [6, 6.07) is 3.70. The minimum absolute atomic E-state index is 0.434. The van der Waals surface area contributed by atoms with Crippen molar-refractivity contribution in [3.63, 3.8) is 0 Å². The Morgan fingerprint density at radius 3 is 2.35 bits per heavy atom. The summed E-state index contributed by atoms with van der Waals surface area (Å²) in [6.45, 7) is 3.61. The Balaban J connectivity index is 3.06. The van der Waals surface area contributed by atoms with Gasteiger partial charge < -0.3 is 14.6 Å². The molecule has 1 N–H and O–H groups in total. The Morgan fingerprint density at radius 1 is 1.29 bits per heavy atom. The van der Waals surface area contributed by atoms with Crippen LogP contribution in [0, 0.1) is 12.8 Å². The van der Waals surface area contributed by atoms with Gasteiger partial charge in [0.25, 0.3) is 0 Å². The van der Waals surface area contributed by atoms with Crippen molar-refractivity contribution >= 4 is 5.97 Å². The molecular weight excluding hydrogens is 220 g/mol. The number of carboxylic acids is 1. The largest absolute Gasteiger partial charge is 0.496 e. The fourth-order valence-corrected chi connectivity index (χ4v) is 1.72. The zero-order chi connectivity index (χ0) is 13.0. The lowest BCUT2D eigenvalue weighted by atomic mass is 9.98. The zero-order valence-corrected chi connectivity index (χ0v) is 10.6. The van der Waals surface area contributed by atoms with E-state index < -0.39 is 11.9 Å². The third-order valence-corrected chi connectivity index (χ3v) is 2.75. The SMILES string of the molecule is COc1cc(OC)c(CC(C)C(=O)O)cc1C. The van der Waals surface area contributed by atoms with E-state index in [1.165, 1.54) is 0 Å². The lowest BCUT2D eigenvalue weighted by Gasteiger charge is -2.14. The minimum atomic E-state index is -0.805. The van der Waals surface area contributed by atoms with Crippen molar-refractivity contribution in [2.75, 3.05) is 14.2 Å². The number of methoxy groups -OCH3 is 2. The molecule has 4 nitrogen and oxygen atoms in total. The van der Waals surface area contributed by atoms with E-state index in [2.05, 4.69) is 0 Å². The molecule has 1 atom stereocenters. The van der Waals surface area contributed by atoms with Crippen LogP contribution in [0.2, 0.25) is 0 Å². The van der Waals surface area contributed by atoms with Crippen LogP contribution in [-0.2, 0) is 11.2 Å². The van der Waals surface area contributed by atoms with E-state index in [0.29, 0.717) is 12.2 Å². The van der Waals surface area contributed by atoms with Crippen LogP contribution >= 0.6 is 0 Å². The third kappa shape index (κ3) is 3.12. The van der Waals surface area contributed by atoms with Crippen molar-refractivity contribution in [2.24, 2.45) is 5.92 Å². The molecule has 1 aromatic rings. The Labute approximate surface area is 101 Å². The highest BCUT2D eigenvalue weighted by Gasteiger charge is 2.16. The Kier molecular flexibility index (Phi) is 4.37. The van der Waals surface area contributed by atoms with E-state index in [0.717, 1.165) is 16.9 Å². The number of hydrogen-bond acceptors (Lipinski definition) is 3. The average molecular weight is 238 g/mol. The van der Waals surface area contributed by atoms with Crippen LogP contribution in [0.5, 0.6) is 11.5 Å². The molecule has 0 bridgehead atoms. The summed E-state index contributed by atoms with van der Waals surface area (Å²) in [7, 11) is 3.17. The summed E-state index contributed by atoms with van der Waals surface area (Å²) in [5.74, 6) is 0.173. The highest BCUT2D eigenvalue weighted by molar-refractivity contribution is 5.70. The summed E-state index contributed by atoms with van der Waals surface area (Å²) in [5, 5.41) is 8.91. The summed E-state index contributed by atoms with van der Waals surface area (Å²) in [4.78, 5) is 10.8. The normalized spacial score (nSPS) is 12.0. The molecule has 0 aliphatic carbocycles. The Hall–Kier alpha value is -1.71. The van der Waals surface area contributed by atoms with Crippen LogP contribution in [0.4, 0.5) is 0 Å². The van der Waals surface area contributed by atoms with Crippen LogP contribution in [0.1, 0.15) is 18.1 Å². The van der Waals surface area contributed by atoms with Gasteiger partial charge in [-0.05, 0) is 30.5 Å². The van der Waals surface area contributed by atoms with E-state index in [4.69, 9.17) is 14.6 Å². The van der Waals surface area contributed by atoms with Gasteiger partial charge in [-0.15, -0.1) is 0 Å². The number of ether oxygens (including phenoxy) is 2. The number of carboxylic acid groups (broad SMARTS) is 1. The second-order valence-corrected chi connectivity index (χ2v) is 4.08. The predicted octanol–water partition coefficient (Wildman–Crippen LogP) is 2.28. The van der Waals surface area contributed by atoms with Gasteiger partial charge >= 0.3 is 5.97 Å². The molecule has 1 aromatic carbocycles. The molecule has 0 saturated carbocycles. The fraction of sp³-hybridized carbons (Fsp3) is 0.462. The van der Waals surface area contributed by atoms with Crippen molar-refractivity contribution < 1.29 is 19.4 Å². The molecule has 0 amide bonds. The monoisotopic (exact) mass is 238 g/mol. The fourth-order valence-electron chi connectivity index (χ4n) is 1.72. The summed E-state index contributed by atoms with van der Waals surface area (Å²) in [5.41, 5.74) is 1.86. The molecule has 0 aliphatic heterocycles. The van der Waals surface area contributed by atoms with Crippen molar-refractivity contribution in [2.45, 2.75) is 20.3 Å². The highest BCUT2D eigenvalue weighted by Crippen LogP contribution is 2.30. The van der Waals surface area contributed by atoms with Gasteiger partial charge in [-0.1, -0.05) is 6.92 Å². The quantitative estimate of drug-likeness (QED) is 0.855.